The number of aliphatic hydroxyl groups is 1. The average molecular weight is 257 g/mol. The maximum absolute atomic E-state index is 9.29. The van der Waals surface area contributed by atoms with Gasteiger partial charge in [-0.25, -0.2) is 0 Å². The van der Waals surface area contributed by atoms with Gasteiger partial charge in [-0.2, -0.15) is 0 Å². The van der Waals surface area contributed by atoms with Crippen molar-refractivity contribution >= 4 is 0 Å². The largest absolute Gasteiger partial charge is 0.394 e. The van der Waals surface area contributed by atoms with Gasteiger partial charge in [-0.3, -0.25) is 4.90 Å². The topological polar surface area (TPSA) is 52.7 Å². The van der Waals surface area contributed by atoms with Gasteiger partial charge in [0.05, 0.1) is 6.61 Å². The van der Waals surface area contributed by atoms with Crippen LogP contribution in [0.5, 0.6) is 0 Å². The molecule has 0 aromatic rings. The van der Waals surface area contributed by atoms with E-state index >= 15 is 0 Å². The Morgan fingerprint density at radius 2 is 2.06 bits per heavy atom. The van der Waals surface area contributed by atoms with Crippen molar-refractivity contribution < 1.29 is 5.11 Å². The van der Waals surface area contributed by atoms with Crippen LogP contribution in [0.2, 0.25) is 0 Å². The molecule has 1 aliphatic heterocycles. The molecule has 18 heavy (non-hydrogen) atoms. The van der Waals surface area contributed by atoms with Crippen molar-refractivity contribution in [3.63, 3.8) is 0 Å². The van der Waals surface area contributed by atoms with Gasteiger partial charge in [0.2, 0.25) is 0 Å². The molecule has 0 amide bonds. The van der Waals surface area contributed by atoms with Crippen molar-refractivity contribution in [2.24, 2.45) is 5.73 Å². The lowest BCUT2D eigenvalue weighted by Gasteiger charge is -2.39. The molecule has 1 heterocycles. The summed E-state index contributed by atoms with van der Waals surface area (Å²) in [6.07, 6.45) is 2.86. The zero-order chi connectivity index (χ0) is 13.6. The lowest BCUT2D eigenvalue weighted by atomic mass is 9.92. The third-order valence-electron chi connectivity index (χ3n) is 4.42. The predicted octanol–water partition coefficient (Wildman–Crippen LogP) is 0.892. The number of hydrogen-bond acceptors (Lipinski definition) is 4. The summed E-state index contributed by atoms with van der Waals surface area (Å²) in [7, 11) is 0. The molecule has 4 nitrogen and oxygen atoms in total. The molecule has 0 saturated carbocycles. The van der Waals surface area contributed by atoms with Crippen LogP contribution in [0.1, 0.15) is 40.0 Å². The maximum atomic E-state index is 9.29. The molecule has 0 aliphatic carbocycles. The van der Waals surface area contributed by atoms with Gasteiger partial charge in [-0.1, -0.05) is 13.8 Å². The van der Waals surface area contributed by atoms with Crippen LogP contribution < -0.4 is 5.73 Å². The molecule has 1 saturated heterocycles. The zero-order valence-corrected chi connectivity index (χ0v) is 12.4. The van der Waals surface area contributed by atoms with Crippen molar-refractivity contribution in [2.75, 3.05) is 39.3 Å². The summed E-state index contributed by atoms with van der Waals surface area (Å²) >= 11 is 0. The number of nitrogens with two attached hydrogens (primary N) is 1. The minimum absolute atomic E-state index is 0.101. The molecule has 3 N–H and O–H groups in total. The van der Waals surface area contributed by atoms with E-state index in [1.54, 1.807) is 0 Å². The minimum Gasteiger partial charge on any atom is -0.394 e. The van der Waals surface area contributed by atoms with E-state index in [0.29, 0.717) is 6.04 Å². The number of nitrogens with zero attached hydrogens (tertiary/aromatic N) is 2. The van der Waals surface area contributed by atoms with E-state index in [1.807, 2.05) is 0 Å². The van der Waals surface area contributed by atoms with E-state index < -0.39 is 0 Å². The molecule has 0 spiro atoms. The van der Waals surface area contributed by atoms with Gasteiger partial charge in [0, 0.05) is 31.2 Å². The standard InChI is InChI=1S/C14H31N3O/c1-4-14(15,12-18)7-6-8-16-9-10-17(5-2)13(3)11-16/h13,18H,4-12,15H2,1-3H3. The Balaban J connectivity index is 2.25. The van der Waals surface area contributed by atoms with E-state index in [-0.39, 0.29) is 12.1 Å². The first-order chi connectivity index (χ1) is 8.54. The van der Waals surface area contributed by atoms with Crippen LogP contribution in [0, 0.1) is 0 Å². The Morgan fingerprint density at radius 1 is 1.33 bits per heavy atom. The lowest BCUT2D eigenvalue weighted by molar-refractivity contribution is 0.0837. The summed E-state index contributed by atoms with van der Waals surface area (Å²) in [6.45, 7) is 12.5. The van der Waals surface area contributed by atoms with Crippen LogP contribution in [0.25, 0.3) is 0 Å². The fourth-order valence-corrected chi connectivity index (χ4v) is 2.77. The average Bonchev–Trinajstić information content (AvgIpc) is 2.39. The van der Waals surface area contributed by atoms with Crippen molar-refractivity contribution in [2.45, 2.75) is 51.6 Å². The van der Waals surface area contributed by atoms with E-state index in [4.69, 9.17) is 5.73 Å². The summed E-state index contributed by atoms with van der Waals surface area (Å²) in [5.41, 5.74) is 5.74. The molecule has 0 bridgehead atoms. The second-order valence-corrected chi connectivity index (χ2v) is 5.76. The van der Waals surface area contributed by atoms with Gasteiger partial charge in [0.15, 0.2) is 0 Å². The first-order valence-electron chi connectivity index (χ1n) is 7.40. The molecule has 1 fully saturated rings. The molecule has 2 atom stereocenters. The highest BCUT2D eigenvalue weighted by Gasteiger charge is 2.24. The highest BCUT2D eigenvalue weighted by atomic mass is 16.3. The Kier molecular flexibility index (Phi) is 6.57. The molecule has 2 unspecified atom stereocenters. The quantitative estimate of drug-likeness (QED) is 0.711. The molecular weight excluding hydrogens is 226 g/mol. The minimum atomic E-state index is -0.364. The second-order valence-electron chi connectivity index (χ2n) is 5.76. The third kappa shape index (κ3) is 4.50. The Morgan fingerprint density at radius 3 is 2.56 bits per heavy atom. The smallest absolute Gasteiger partial charge is 0.0611 e. The van der Waals surface area contributed by atoms with Gasteiger partial charge in [0.1, 0.15) is 0 Å². The van der Waals surface area contributed by atoms with E-state index in [9.17, 15) is 5.11 Å². The van der Waals surface area contributed by atoms with Crippen LogP contribution in [0.4, 0.5) is 0 Å². The molecule has 0 radical (unpaired) electrons. The summed E-state index contributed by atoms with van der Waals surface area (Å²) in [5, 5.41) is 9.29. The van der Waals surface area contributed by atoms with Crippen molar-refractivity contribution in [3.8, 4) is 0 Å². The van der Waals surface area contributed by atoms with Gasteiger partial charge >= 0.3 is 0 Å². The lowest BCUT2D eigenvalue weighted by Crippen LogP contribution is -2.52. The number of aliphatic hydroxyl groups excluding tert-OH is 1. The van der Waals surface area contributed by atoms with Gasteiger partial charge < -0.3 is 15.7 Å². The number of likely N-dealkylation sites (N-methyl/N-ethyl adjacent to an activating group) is 1. The molecule has 0 aromatic heterocycles. The second kappa shape index (κ2) is 7.43. The first-order valence-corrected chi connectivity index (χ1v) is 7.40. The predicted molar refractivity (Wildman–Crippen MR) is 76.7 cm³/mol. The normalized spacial score (nSPS) is 26.2. The summed E-state index contributed by atoms with van der Waals surface area (Å²) in [4.78, 5) is 5.06. The third-order valence-corrected chi connectivity index (χ3v) is 4.42. The monoisotopic (exact) mass is 257 g/mol. The molecule has 108 valence electrons. The van der Waals surface area contributed by atoms with E-state index in [2.05, 4.69) is 30.6 Å². The highest BCUT2D eigenvalue weighted by Crippen LogP contribution is 2.15. The highest BCUT2D eigenvalue weighted by molar-refractivity contribution is 4.83. The molecule has 1 aliphatic rings. The molecule has 1 rings (SSSR count). The summed E-state index contributed by atoms with van der Waals surface area (Å²) < 4.78 is 0. The Hall–Kier alpha value is -0.160. The number of hydrogen-bond donors (Lipinski definition) is 2. The summed E-state index contributed by atoms with van der Waals surface area (Å²) in [5.74, 6) is 0. The van der Waals surface area contributed by atoms with Crippen LogP contribution >= 0.6 is 0 Å². The van der Waals surface area contributed by atoms with Crippen LogP contribution in [0.15, 0.2) is 0 Å². The molecular formula is C14H31N3O. The maximum Gasteiger partial charge on any atom is 0.0611 e. The van der Waals surface area contributed by atoms with Crippen LogP contribution in [0.3, 0.4) is 0 Å². The summed E-state index contributed by atoms with van der Waals surface area (Å²) in [6, 6.07) is 0.662. The fourth-order valence-electron chi connectivity index (χ4n) is 2.77. The van der Waals surface area contributed by atoms with Crippen molar-refractivity contribution in [1.29, 1.82) is 0 Å². The molecule has 4 heteroatoms. The van der Waals surface area contributed by atoms with E-state index in [1.165, 1.54) is 13.1 Å². The van der Waals surface area contributed by atoms with Crippen LogP contribution in [-0.4, -0.2) is 65.8 Å². The van der Waals surface area contributed by atoms with Gasteiger partial charge in [-0.15, -0.1) is 0 Å². The fraction of sp³-hybridized carbons (Fsp3) is 1.00. The molecule has 0 aromatic carbocycles. The van der Waals surface area contributed by atoms with Gasteiger partial charge in [0.25, 0.3) is 0 Å². The first kappa shape index (κ1) is 15.9. The van der Waals surface area contributed by atoms with Crippen molar-refractivity contribution in [3.05, 3.63) is 0 Å². The Labute approximate surface area is 112 Å². The number of piperazine rings is 1. The van der Waals surface area contributed by atoms with Gasteiger partial charge in [-0.05, 0) is 39.3 Å². The van der Waals surface area contributed by atoms with Crippen molar-refractivity contribution in [1.82, 2.24) is 9.80 Å². The zero-order valence-electron chi connectivity index (χ0n) is 12.4. The van der Waals surface area contributed by atoms with E-state index in [0.717, 1.165) is 38.9 Å². The van der Waals surface area contributed by atoms with Crippen LogP contribution in [-0.2, 0) is 0 Å². The number of rotatable bonds is 7. The SMILES string of the molecule is CCN1CCN(CCCC(N)(CC)CO)CC1C. The Bertz CT molecular complexity index is 231.